The third kappa shape index (κ3) is 3.65. The maximum Gasteiger partial charge on any atom is 0.232 e. The van der Waals surface area contributed by atoms with Crippen molar-refractivity contribution in [3.8, 4) is 17.2 Å². The Morgan fingerprint density at radius 2 is 1.65 bits per heavy atom. The molecule has 1 heterocycles. The normalized spacial score (nSPS) is 18.7. The summed E-state index contributed by atoms with van der Waals surface area (Å²) in [4.78, 5) is 27.9. The molecule has 1 aliphatic heterocycles. The average Bonchev–Trinajstić information content (AvgIpc) is 2.77. The predicted octanol–water partition coefficient (Wildman–Crippen LogP) is 4.38. The average molecular weight is 425 g/mol. The van der Waals surface area contributed by atoms with E-state index in [0.29, 0.717) is 59.0 Å². The van der Waals surface area contributed by atoms with Crippen LogP contribution in [0, 0.1) is 5.82 Å². The van der Waals surface area contributed by atoms with Crippen molar-refractivity contribution in [2.75, 3.05) is 26.2 Å². The quantitative estimate of drug-likeness (QED) is 0.711. The first-order chi connectivity index (χ1) is 15.0. The summed E-state index contributed by atoms with van der Waals surface area (Å²) in [6.45, 7) is 0. The van der Waals surface area contributed by atoms with Crippen LogP contribution >= 0.6 is 0 Å². The number of halogens is 1. The van der Waals surface area contributed by atoms with Crippen LogP contribution in [0.25, 0.3) is 0 Å². The fourth-order valence-corrected chi connectivity index (χ4v) is 4.50. The highest BCUT2D eigenvalue weighted by Crippen LogP contribution is 2.48. The van der Waals surface area contributed by atoms with Crippen molar-refractivity contribution in [1.82, 2.24) is 0 Å². The summed E-state index contributed by atoms with van der Waals surface area (Å²) in [6, 6.07) is 9.36. The zero-order valence-corrected chi connectivity index (χ0v) is 17.7. The van der Waals surface area contributed by atoms with Gasteiger partial charge in [0.2, 0.25) is 5.91 Å². The van der Waals surface area contributed by atoms with Crippen molar-refractivity contribution in [3.05, 3.63) is 59.0 Å². The van der Waals surface area contributed by atoms with Crippen LogP contribution in [-0.4, -0.2) is 33.0 Å². The van der Waals surface area contributed by atoms with Gasteiger partial charge in [0.1, 0.15) is 11.6 Å². The van der Waals surface area contributed by atoms with Gasteiger partial charge in [-0.05, 0) is 37.1 Å². The Morgan fingerprint density at radius 1 is 0.935 bits per heavy atom. The Bertz CT molecular complexity index is 1080. The highest BCUT2D eigenvalue weighted by atomic mass is 19.1. The molecule has 1 amide bonds. The van der Waals surface area contributed by atoms with E-state index in [4.69, 9.17) is 14.2 Å². The molecular weight excluding hydrogens is 401 g/mol. The number of Topliss-reactive ketones (excluding diaryl/α,β-unsaturated/α-hetero) is 1. The van der Waals surface area contributed by atoms with Crippen LogP contribution in [0.5, 0.6) is 17.2 Å². The van der Waals surface area contributed by atoms with E-state index in [9.17, 15) is 14.0 Å². The lowest BCUT2D eigenvalue weighted by atomic mass is 9.76. The van der Waals surface area contributed by atoms with E-state index < -0.39 is 11.7 Å². The number of rotatable bonds is 5. The Balaban J connectivity index is 1.90. The largest absolute Gasteiger partial charge is 0.496 e. The molecule has 6 nitrogen and oxygen atoms in total. The van der Waals surface area contributed by atoms with E-state index in [1.54, 1.807) is 24.3 Å². The molecule has 7 heteroatoms. The molecule has 0 saturated carbocycles. The summed E-state index contributed by atoms with van der Waals surface area (Å²) in [7, 11) is 4.60. The summed E-state index contributed by atoms with van der Waals surface area (Å²) in [5.41, 5.74) is 2.35. The molecule has 1 aliphatic carbocycles. The van der Waals surface area contributed by atoms with Crippen LogP contribution in [0.15, 0.2) is 47.7 Å². The zero-order valence-electron chi connectivity index (χ0n) is 17.7. The first kappa shape index (κ1) is 20.9. The second-order valence-electron chi connectivity index (χ2n) is 7.55. The molecule has 162 valence electrons. The SMILES string of the molecule is COc1cc(OC)c([C@H]2CC(=O)N(c3cccc(F)c3)C3=C2C(=O)CCC3)cc1OC. The predicted molar refractivity (Wildman–Crippen MR) is 113 cm³/mol. The van der Waals surface area contributed by atoms with Crippen LogP contribution < -0.4 is 19.1 Å². The van der Waals surface area contributed by atoms with Crippen LogP contribution in [0.2, 0.25) is 0 Å². The lowest BCUT2D eigenvalue weighted by Crippen LogP contribution is -2.40. The van der Waals surface area contributed by atoms with Crippen molar-refractivity contribution in [1.29, 1.82) is 0 Å². The van der Waals surface area contributed by atoms with Gasteiger partial charge in [-0.25, -0.2) is 4.39 Å². The molecule has 31 heavy (non-hydrogen) atoms. The van der Waals surface area contributed by atoms with Crippen LogP contribution in [0.3, 0.4) is 0 Å². The van der Waals surface area contributed by atoms with Gasteiger partial charge in [0, 0.05) is 41.7 Å². The number of anilines is 1. The third-order valence-corrected chi connectivity index (χ3v) is 5.85. The summed E-state index contributed by atoms with van der Waals surface area (Å²) < 4.78 is 30.3. The van der Waals surface area contributed by atoms with Gasteiger partial charge >= 0.3 is 0 Å². The fraction of sp³-hybridized carbons (Fsp3) is 0.333. The van der Waals surface area contributed by atoms with Crippen LogP contribution in [0.1, 0.15) is 37.2 Å². The summed E-state index contributed by atoms with van der Waals surface area (Å²) >= 11 is 0. The van der Waals surface area contributed by atoms with E-state index in [1.807, 2.05) is 0 Å². The number of allylic oxidation sites excluding steroid dienone is 2. The second kappa shape index (κ2) is 8.41. The Labute approximate surface area is 180 Å². The molecule has 0 spiro atoms. The highest BCUT2D eigenvalue weighted by Gasteiger charge is 2.41. The first-order valence-electron chi connectivity index (χ1n) is 10.1. The van der Waals surface area contributed by atoms with Crippen molar-refractivity contribution in [2.45, 2.75) is 31.6 Å². The van der Waals surface area contributed by atoms with Crippen molar-refractivity contribution in [2.24, 2.45) is 0 Å². The number of hydrogen-bond donors (Lipinski definition) is 0. The van der Waals surface area contributed by atoms with Gasteiger partial charge in [-0.1, -0.05) is 6.07 Å². The summed E-state index contributed by atoms with van der Waals surface area (Å²) in [5, 5.41) is 0. The molecule has 1 atom stereocenters. The Hall–Kier alpha value is -3.35. The van der Waals surface area contributed by atoms with Gasteiger partial charge in [-0.15, -0.1) is 0 Å². The minimum atomic E-state index is -0.477. The van der Waals surface area contributed by atoms with Crippen molar-refractivity contribution in [3.63, 3.8) is 0 Å². The number of amides is 1. The Kier molecular flexibility index (Phi) is 5.67. The molecule has 2 aromatic rings. The molecule has 2 aliphatic rings. The number of ether oxygens (including phenoxy) is 3. The monoisotopic (exact) mass is 425 g/mol. The molecule has 0 saturated heterocycles. The van der Waals surface area contributed by atoms with E-state index in [1.165, 1.54) is 38.4 Å². The number of carbonyl (C=O) groups is 2. The van der Waals surface area contributed by atoms with E-state index in [2.05, 4.69) is 0 Å². The van der Waals surface area contributed by atoms with Gasteiger partial charge in [0.25, 0.3) is 0 Å². The maximum atomic E-state index is 13.9. The number of hydrogen-bond acceptors (Lipinski definition) is 5. The van der Waals surface area contributed by atoms with Crippen LogP contribution in [-0.2, 0) is 9.59 Å². The van der Waals surface area contributed by atoms with Gasteiger partial charge < -0.3 is 14.2 Å². The molecule has 4 rings (SSSR count). The number of benzene rings is 2. The molecule has 2 aromatic carbocycles. The van der Waals surface area contributed by atoms with E-state index in [0.717, 1.165) is 0 Å². The molecule has 0 N–H and O–H groups in total. The van der Waals surface area contributed by atoms with Crippen molar-refractivity contribution >= 4 is 17.4 Å². The molecule has 0 fully saturated rings. The van der Waals surface area contributed by atoms with E-state index >= 15 is 0 Å². The highest BCUT2D eigenvalue weighted by molar-refractivity contribution is 6.07. The summed E-state index contributed by atoms with van der Waals surface area (Å²) in [6.07, 6.45) is 1.69. The topological polar surface area (TPSA) is 65.1 Å². The number of ketones is 1. The number of nitrogens with zero attached hydrogens (tertiary/aromatic N) is 1. The Morgan fingerprint density at radius 3 is 2.32 bits per heavy atom. The minimum Gasteiger partial charge on any atom is -0.496 e. The standard InChI is InChI=1S/C24H24FNO5/c1-29-20-13-22(31-3)21(30-2)11-16(20)17-12-23(28)26(15-7-4-6-14(25)10-15)18-8-5-9-19(27)24(17)18/h4,6-7,10-11,13,17H,5,8-9,12H2,1-3H3/t17-/m1/s1. The maximum absolute atomic E-state index is 13.9. The molecule has 0 bridgehead atoms. The third-order valence-electron chi connectivity index (χ3n) is 5.85. The van der Waals surface area contributed by atoms with Gasteiger partial charge in [0.15, 0.2) is 17.3 Å². The molecule has 0 radical (unpaired) electrons. The first-order valence-corrected chi connectivity index (χ1v) is 10.1. The fourth-order valence-electron chi connectivity index (χ4n) is 4.50. The van der Waals surface area contributed by atoms with Gasteiger partial charge in [-0.2, -0.15) is 0 Å². The zero-order chi connectivity index (χ0) is 22.1. The lowest BCUT2D eigenvalue weighted by molar-refractivity contribution is -0.119. The van der Waals surface area contributed by atoms with Crippen LogP contribution in [0.4, 0.5) is 10.1 Å². The van der Waals surface area contributed by atoms with Gasteiger partial charge in [0.05, 0.1) is 27.0 Å². The van der Waals surface area contributed by atoms with Crippen molar-refractivity contribution < 1.29 is 28.2 Å². The molecule has 0 aromatic heterocycles. The summed E-state index contributed by atoms with van der Waals surface area (Å²) in [5.74, 6) is 0.394. The van der Waals surface area contributed by atoms with Gasteiger partial charge in [-0.3, -0.25) is 14.5 Å². The van der Waals surface area contributed by atoms with E-state index in [-0.39, 0.29) is 18.1 Å². The smallest absolute Gasteiger partial charge is 0.232 e. The lowest BCUT2D eigenvalue weighted by Gasteiger charge is -2.38. The molecule has 0 unspecified atom stereocenters. The minimum absolute atomic E-state index is 0.00279. The number of methoxy groups -OCH3 is 3. The molecular formula is C24H24FNO5. The number of carbonyl (C=O) groups excluding carboxylic acids is 2. The second-order valence-corrected chi connectivity index (χ2v) is 7.55.